The minimum absolute atomic E-state index is 0.142. The van der Waals surface area contributed by atoms with Crippen LogP contribution in [0, 0.1) is 0 Å². The number of carbonyl (C=O) groups is 1. The average molecular weight is 400 g/mol. The van der Waals surface area contributed by atoms with E-state index in [4.69, 9.17) is 9.47 Å². The van der Waals surface area contributed by atoms with Crippen molar-refractivity contribution in [3.63, 3.8) is 0 Å². The van der Waals surface area contributed by atoms with Crippen molar-refractivity contribution < 1.29 is 19.4 Å². The summed E-state index contributed by atoms with van der Waals surface area (Å²) in [6.07, 6.45) is 3.87. The van der Waals surface area contributed by atoms with E-state index < -0.39 is 10.4 Å². The van der Waals surface area contributed by atoms with Gasteiger partial charge in [0.1, 0.15) is 0 Å². The molecule has 1 aromatic carbocycles. The summed E-state index contributed by atoms with van der Waals surface area (Å²) in [5, 5.41) is 13.1. The van der Waals surface area contributed by atoms with Crippen LogP contribution in [0.25, 0.3) is 0 Å². The molecule has 5 nitrogen and oxygen atoms in total. The van der Waals surface area contributed by atoms with Crippen LogP contribution in [-0.4, -0.2) is 35.1 Å². The van der Waals surface area contributed by atoms with Crippen molar-refractivity contribution in [1.29, 1.82) is 0 Å². The molecule has 1 aromatic rings. The molecule has 6 heteroatoms. The van der Waals surface area contributed by atoms with Crippen molar-refractivity contribution in [2.24, 2.45) is 0 Å². The zero-order valence-corrected chi connectivity index (χ0v) is 16.1. The van der Waals surface area contributed by atoms with Crippen LogP contribution in [0.15, 0.2) is 18.2 Å². The van der Waals surface area contributed by atoms with Crippen LogP contribution in [0.1, 0.15) is 51.2 Å². The van der Waals surface area contributed by atoms with Crippen LogP contribution in [0.4, 0.5) is 0 Å². The first-order chi connectivity index (χ1) is 11.3. The number of carbonyl (C=O) groups excluding carboxylic acids is 1. The molecule has 0 radical (unpaired) electrons. The van der Waals surface area contributed by atoms with Crippen molar-refractivity contribution in [1.82, 2.24) is 5.32 Å². The molecule has 0 aromatic heterocycles. The summed E-state index contributed by atoms with van der Waals surface area (Å²) in [6, 6.07) is 5.38. The lowest BCUT2D eigenvalue weighted by Gasteiger charge is -2.20. The molecule has 0 aliphatic heterocycles. The van der Waals surface area contributed by atoms with Gasteiger partial charge in [0, 0.05) is 6.54 Å². The van der Waals surface area contributed by atoms with E-state index in [9.17, 15) is 9.90 Å². The summed E-state index contributed by atoms with van der Waals surface area (Å²) in [5.74, 6) is 1.13. The highest BCUT2D eigenvalue weighted by atomic mass is 79.9. The molecular formula is C18H26BrNO4. The molecule has 24 heavy (non-hydrogen) atoms. The largest absolute Gasteiger partial charge is 0.493 e. The van der Waals surface area contributed by atoms with Crippen LogP contribution >= 0.6 is 15.9 Å². The van der Waals surface area contributed by atoms with Gasteiger partial charge in [-0.05, 0) is 57.2 Å². The Kier molecular flexibility index (Phi) is 6.52. The number of alkyl halides is 1. The second-order valence-corrected chi connectivity index (χ2v) is 8.62. The van der Waals surface area contributed by atoms with Crippen LogP contribution in [0.2, 0.25) is 0 Å². The third-order valence-electron chi connectivity index (χ3n) is 4.16. The lowest BCUT2D eigenvalue weighted by atomic mass is 10.1. The molecule has 1 fully saturated rings. The Bertz CT molecular complexity index is 565. The van der Waals surface area contributed by atoms with Crippen molar-refractivity contribution >= 4 is 21.8 Å². The summed E-state index contributed by atoms with van der Waals surface area (Å²) >= 11 is 3.30. The smallest absolute Gasteiger partial charge is 0.236 e. The highest BCUT2D eigenvalue weighted by molar-refractivity contribution is 9.10. The minimum atomic E-state index is -0.805. The van der Waals surface area contributed by atoms with E-state index in [2.05, 4.69) is 21.2 Å². The lowest BCUT2D eigenvalue weighted by molar-refractivity contribution is -0.122. The number of hydrogen-bond donors (Lipinski definition) is 2. The maximum absolute atomic E-state index is 11.9. The molecule has 1 aliphatic carbocycles. The molecule has 1 atom stereocenters. The van der Waals surface area contributed by atoms with E-state index in [-0.39, 0.29) is 18.6 Å². The Morgan fingerprint density at radius 1 is 1.38 bits per heavy atom. The number of rotatable bonds is 7. The average Bonchev–Trinajstić information content (AvgIpc) is 3.04. The Hall–Kier alpha value is -1.27. The Morgan fingerprint density at radius 3 is 2.62 bits per heavy atom. The maximum Gasteiger partial charge on any atom is 0.236 e. The third kappa shape index (κ3) is 5.11. The number of methoxy groups -OCH3 is 1. The van der Waals surface area contributed by atoms with Gasteiger partial charge in [0.15, 0.2) is 11.5 Å². The quantitative estimate of drug-likeness (QED) is 0.689. The molecule has 0 spiro atoms. The molecule has 1 unspecified atom stereocenters. The first kappa shape index (κ1) is 19.1. The van der Waals surface area contributed by atoms with Crippen LogP contribution < -0.4 is 14.8 Å². The molecule has 1 aliphatic rings. The van der Waals surface area contributed by atoms with Crippen molar-refractivity contribution in [2.45, 2.75) is 56.1 Å². The summed E-state index contributed by atoms with van der Waals surface area (Å²) in [5.41, 5.74) is 0.691. The van der Waals surface area contributed by atoms with Gasteiger partial charge in [-0.25, -0.2) is 0 Å². The van der Waals surface area contributed by atoms with E-state index in [1.807, 2.05) is 0 Å². The van der Waals surface area contributed by atoms with E-state index >= 15 is 0 Å². The fraction of sp³-hybridized carbons (Fsp3) is 0.611. The monoisotopic (exact) mass is 399 g/mol. The fourth-order valence-corrected chi connectivity index (χ4v) is 2.84. The topological polar surface area (TPSA) is 67.8 Å². The van der Waals surface area contributed by atoms with E-state index in [1.54, 1.807) is 39.2 Å². The van der Waals surface area contributed by atoms with Gasteiger partial charge in [-0.1, -0.05) is 22.0 Å². The molecule has 1 amide bonds. The zero-order chi connectivity index (χ0) is 17.7. The van der Waals surface area contributed by atoms with Crippen molar-refractivity contribution in [3.05, 3.63) is 23.8 Å². The van der Waals surface area contributed by atoms with Crippen LogP contribution in [0.3, 0.4) is 0 Å². The molecule has 1 saturated carbocycles. The van der Waals surface area contributed by atoms with E-state index in [0.29, 0.717) is 17.1 Å². The van der Waals surface area contributed by atoms with Gasteiger partial charge >= 0.3 is 0 Å². The second-order valence-electron chi connectivity index (χ2n) is 6.63. The van der Waals surface area contributed by atoms with E-state index in [0.717, 1.165) is 12.8 Å². The lowest BCUT2D eigenvalue weighted by Crippen LogP contribution is -2.39. The number of ether oxygens (including phenoxy) is 2. The number of nitrogens with one attached hydrogen (secondary N) is 1. The van der Waals surface area contributed by atoms with Gasteiger partial charge in [-0.3, -0.25) is 4.79 Å². The SMILES string of the molecule is COc1ccc(C(O)CNC(=O)C(C)(C)Br)cc1OC1CCCC1. The molecule has 0 heterocycles. The molecular weight excluding hydrogens is 374 g/mol. The second kappa shape index (κ2) is 8.21. The Balaban J connectivity index is 2.04. The summed E-state index contributed by atoms with van der Waals surface area (Å²) in [7, 11) is 1.60. The van der Waals surface area contributed by atoms with Gasteiger partial charge in [-0.2, -0.15) is 0 Å². The normalized spacial score (nSPS) is 16.7. The molecule has 0 bridgehead atoms. The fourth-order valence-electron chi connectivity index (χ4n) is 2.70. The van der Waals surface area contributed by atoms with Gasteiger partial charge in [0.25, 0.3) is 0 Å². The summed E-state index contributed by atoms with van der Waals surface area (Å²) in [4.78, 5) is 11.9. The Morgan fingerprint density at radius 2 is 2.04 bits per heavy atom. The number of halogens is 1. The predicted molar refractivity (Wildman–Crippen MR) is 96.9 cm³/mol. The molecule has 0 saturated heterocycles. The van der Waals surface area contributed by atoms with Gasteiger partial charge in [0.05, 0.1) is 23.6 Å². The number of amides is 1. The first-order valence-corrected chi connectivity index (χ1v) is 9.10. The van der Waals surface area contributed by atoms with Gasteiger partial charge in [-0.15, -0.1) is 0 Å². The number of aliphatic hydroxyl groups excluding tert-OH is 1. The van der Waals surface area contributed by atoms with Crippen LogP contribution in [-0.2, 0) is 4.79 Å². The molecule has 2 rings (SSSR count). The van der Waals surface area contributed by atoms with Crippen LogP contribution in [0.5, 0.6) is 11.5 Å². The van der Waals surface area contributed by atoms with Gasteiger partial charge < -0.3 is 19.9 Å². The first-order valence-electron chi connectivity index (χ1n) is 8.31. The Labute approximate surface area is 151 Å². The highest BCUT2D eigenvalue weighted by Crippen LogP contribution is 2.33. The van der Waals surface area contributed by atoms with E-state index in [1.165, 1.54) is 12.8 Å². The van der Waals surface area contributed by atoms with Crippen molar-refractivity contribution in [3.8, 4) is 11.5 Å². The standard InChI is InChI=1S/C18H26BrNO4/c1-18(2,19)17(22)20-11-14(21)12-8-9-15(23-3)16(10-12)24-13-6-4-5-7-13/h8-10,13-14,21H,4-7,11H2,1-3H3,(H,20,22). The highest BCUT2D eigenvalue weighted by Gasteiger charge is 2.24. The maximum atomic E-state index is 11.9. The predicted octanol–water partition coefficient (Wildman–Crippen LogP) is 3.34. The minimum Gasteiger partial charge on any atom is -0.493 e. The number of aliphatic hydroxyl groups is 1. The third-order valence-corrected chi connectivity index (χ3v) is 4.52. The zero-order valence-electron chi connectivity index (χ0n) is 14.5. The van der Waals surface area contributed by atoms with Crippen molar-refractivity contribution in [2.75, 3.05) is 13.7 Å². The molecule has 134 valence electrons. The van der Waals surface area contributed by atoms with Gasteiger partial charge in [0.2, 0.25) is 5.91 Å². The number of hydrogen-bond acceptors (Lipinski definition) is 4. The number of benzene rings is 1. The summed E-state index contributed by atoms with van der Waals surface area (Å²) in [6.45, 7) is 3.66. The summed E-state index contributed by atoms with van der Waals surface area (Å²) < 4.78 is 10.7. The molecule has 2 N–H and O–H groups in total.